The molecule has 0 aliphatic rings. The van der Waals surface area contributed by atoms with Gasteiger partial charge in [0, 0.05) is 16.5 Å². The average molecular weight is 303 g/mol. The van der Waals surface area contributed by atoms with Crippen molar-refractivity contribution < 1.29 is 47.9 Å². The Labute approximate surface area is 113 Å². The minimum atomic E-state index is -0.375. The van der Waals surface area contributed by atoms with Crippen LogP contribution in [0.4, 0.5) is 0 Å². The van der Waals surface area contributed by atoms with E-state index in [1.165, 1.54) is 0 Å². The summed E-state index contributed by atoms with van der Waals surface area (Å²) in [6.45, 7) is 6.64. The van der Waals surface area contributed by atoms with Crippen molar-refractivity contribution in [2.75, 3.05) is 0 Å². The molecule has 4 atom stereocenters. The molecule has 114 valence electrons. The Morgan fingerprint density at radius 1 is 0.588 bits per heavy atom. The van der Waals surface area contributed by atoms with E-state index in [-0.39, 0.29) is 51.9 Å². The van der Waals surface area contributed by atoms with E-state index in [4.69, 9.17) is 20.4 Å². The van der Waals surface area contributed by atoms with Gasteiger partial charge in [-0.25, -0.2) is 0 Å². The molecule has 0 aliphatic heterocycles. The molecule has 7 heteroatoms. The maximum Gasteiger partial charge on any atom is 0.0536 e. The molecule has 0 bridgehead atoms. The second-order valence-electron chi connectivity index (χ2n) is 3.87. The molecule has 4 unspecified atom stereocenters. The fraction of sp³-hybridized carbons (Fsp3) is 1.00. The van der Waals surface area contributed by atoms with Crippen molar-refractivity contribution in [1.82, 2.24) is 0 Å². The van der Waals surface area contributed by atoms with Crippen LogP contribution in [-0.4, -0.2) is 55.8 Å². The molecule has 0 aromatic carbocycles. The maximum atomic E-state index is 8.56. The molecular weight excluding hydrogens is 275 g/mol. The molecule has 0 heterocycles. The fourth-order valence-electron chi connectivity index (χ4n) is 0.987. The SMILES string of the molecule is CC(O)CC(C)O.CC(O)CC(C)O.O.O.[Ni]. The summed E-state index contributed by atoms with van der Waals surface area (Å²) in [6.07, 6.45) is -0.556. The Balaban J connectivity index is -0.0000000480. The summed E-state index contributed by atoms with van der Waals surface area (Å²) in [5, 5.41) is 34.3. The van der Waals surface area contributed by atoms with Crippen molar-refractivity contribution in [3.63, 3.8) is 0 Å². The van der Waals surface area contributed by atoms with Crippen LogP contribution < -0.4 is 0 Å². The Kier molecular flexibility index (Phi) is 33.2. The minimum Gasteiger partial charge on any atom is -0.412 e. The van der Waals surface area contributed by atoms with E-state index in [1.54, 1.807) is 27.7 Å². The van der Waals surface area contributed by atoms with Gasteiger partial charge in [0.05, 0.1) is 24.4 Å². The van der Waals surface area contributed by atoms with Crippen LogP contribution in [-0.2, 0) is 16.5 Å². The zero-order valence-corrected chi connectivity index (χ0v) is 11.8. The van der Waals surface area contributed by atoms with Crippen LogP contribution in [0, 0.1) is 0 Å². The van der Waals surface area contributed by atoms with E-state index in [0.717, 1.165) is 0 Å². The molecule has 0 fully saturated rings. The molecule has 8 N–H and O–H groups in total. The van der Waals surface area contributed by atoms with Gasteiger partial charge < -0.3 is 31.4 Å². The van der Waals surface area contributed by atoms with E-state index in [9.17, 15) is 0 Å². The molecule has 17 heavy (non-hydrogen) atoms. The van der Waals surface area contributed by atoms with Gasteiger partial charge in [-0.15, -0.1) is 0 Å². The molecule has 0 radical (unpaired) electrons. The molecule has 0 saturated carbocycles. The van der Waals surface area contributed by atoms with E-state index in [1.807, 2.05) is 0 Å². The zero-order chi connectivity index (χ0) is 11.7. The van der Waals surface area contributed by atoms with Gasteiger partial charge in [-0.2, -0.15) is 0 Å². The summed E-state index contributed by atoms with van der Waals surface area (Å²) in [7, 11) is 0. The summed E-state index contributed by atoms with van der Waals surface area (Å²) in [6, 6.07) is 0. The van der Waals surface area contributed by atoms with Gasteiger partial charge in [0.25, 0.3) is 0 Å². The molecule has 0 rings (SSSR count). The quantitative estimate of drug-likeness (QED) is 0.474. The summed E-state index contributed by atoms with van der Waals surface area (Å²) in [4.78, 5) is 0. The topological polar surface area (TPSA) is 144 Å². The van der Waals surface area contributed by atoms with Crippen LogP contribution in [0.1, 0.15) is 40.5 Å². The normalized spacial score (nSPS) is 15.5. The van der Waals surface area contributed by atoms with Gasteiger partial charge in [-0.3, -0.25) is 0 Å². The van der Waals surface area contributed by atoms with Gasteiger partial charge in [0.15, 0.2) is 0 Å². The molecule has 0 spiro atoms. The van der Waals surface area contributed by atoms with E-state index in [2.05, 4.69) is 0 Å². The molecule has 0 saturated heterocycles. The number of aliphatic hydroxyl groups excluding tert-OH is 4. The molecule has 0 amide bonds. The van der Waals surface area contributed by atoms with Crippen molar-refractivity contribution in [3.05, 3.63) is 0 Å². The van der Waals surface area contributed by atoms with Crippen molar-refractivity contribution in [1.29, 1.82) is 0 Å². The first-order valence-electron chi connectivity index (χ1n) is 4.98. The summed E-state index contributed by atoms with van der Waals surface area (Å²) >= 11 is 0. The fourth-order valence-corrected chi connectivity index (χ4v) is 0.987. The Morgan fingerprint density at radius 3 is 0.706 bits per heavy atom. The molecular formula is C10H28NiO6. The van der Waals surface area contributed by atoms with Gasteiger partial charge in [0.1, 0.15) is 0 Å². The predicted octanol–water partition coefficient (Wildman–Crippen LogP) is -1.38. The molecule has 6 nitrogen and oxygen atoms in total. The second kappa shape index (κ2) is 18.6. The summed E-state index contributed by atoms with van der Waals surface area (Å²) in [5.74, 6) is 0. The summed E-state index contributed by atoms with van der Waals surface area (Å²) in [5.41, 5.74) is 0. The number of rotatable bonds is 4. The maximum absolute atomic E-state index is 8.56. The van der Waals surface area contributed by atoms with E-state index in [0.29, 0.717) is 12.8 Å². The zero-order valence-electron chi connectivity index (χ0n) is 10.8. The van der Waals surface area contributed by atoms with Crippen molar-refractivity contribution in [2.24, 2.45) is 0 Å². The van der Waals surface area contributed by atoms with Crippen LogP contribution >= 0.6 is 0 Å². The number of aliphatic hydroxyl groups is 4. The second-order valence-corrected chi connectivity index (χ2v) is 3.87. The van der Waals surface area contributed by atoms with E-state index >= 15 is 0 Å². The third-order valence-corrected chi connectivity index (χ3v) is 1.36. The van der Waals surface area contributed by atoms with Crippen molar-refractivity contribution >= 4 is 0 Å². The average Bonchev–Trinajstić information content (AvgIpc) is 1.79. The van der Waals surface area contributed by atoms with Gasteiger partial charge >= 0.3 is 0 Å². The summed E-state index contributed by atoms with van der Waals surface area (Å²) < 4.78 is 0. The van der Waals surface area contributed by atoms with Gasteiger partial charge in [0.2, 0.25) is 0 Å². The van der Waals surface area contributed by atoms with Crippen molar-refractivity contribution in [2.45, 2.75) is 65.0 Å². The van der Waals surface area contributed by atoms with Crippen LogP contribution in [0.15, 0.2) is 0 Å². The number of hydrogen-bond acceptors (Lipinski definition) is 4. The predicted molar refractivity (Wildman–Crippen MR) is 63.2 cm³/mol. The monoisotopic (exact) mass is 302 g/mol. The third kappa shape index (κ3) is 48.5. The van der Waals surface area contributed by atoms with Gasteiger partial charge in [-0.05, 0) is 40.5 Å². The first-order valence-corrected chi connectivity index (χ1v) is 4.98. The Bertz CT molecular complexity index is 93.4. The van der Waals surface area contributed by atoms with Crippen LogP contribution in [0.2, 0.25) is 0 Å². The van der Waals surface area contributed by atoms with Crippen molar-refractivity contribution in [3.8, 4) is 0 Å². The molecule has 0 aromatic rings. The first kappa shape index (κ1) is 30.4. The van der Waals surface area contributed by atoms with Crippen LogP contribution in [0.25, 0.3) is 0 Å². The van der Waals surface area contributed by atoms with Gasteiger partial charge in [-0.1, -0.05) is 0 Å². The van der Waals surface area contributed by atoms with Crippen LogP contribution in [0.3, 0.4) is 0 Å². The van der Waals surface area contributed by atoms with E-state index < -0.39 is 0 Å². The standard InChI is InChI=1S/2C5H12O2.Ni.2H2O/c2*1-4(6)3-5(2)7;;;/h2*4-7H,3H2,1-2H3;;2*1H2. The first-order chi connectivity index (χ1) is 6.25. The third-order valence-electron chi connectivity index (χ3n) is 1.36. The largest absolute Gasteiger partial charge is 0.412 e. The minimum absolute atomic E-state index is 0. The Morgan fingerprint density at radius 2 is 0.706 bits per heavy atom. The number of hydrogen-bond donors (Lipinski definition) is 4. The van der Waals surface area contributed by atoms with Crippen LogP contribution in [0.5, 0.6) is 0 Å². The molecule has 0 aliphatic carbocycles. The smallest absolute Gasteiger partial charge is 0.0536 e. The molecule has 0 aromatic heterocycles. The Hall–Kier alpha value is 0.254.